The minimum absolute atomic E-state index is 0.0595. The largest absolute Gasteiger partial charge is 0.241 e. The number of sulfonamides is 2. The van der Waals surface area contributed by atoms with E-state index in [2.05, 4.69) is 4.72 Å². The van der Waals surface area contributed by atoms with Crippen molar-refractivity contribution < 1.29 is 16.8 Å². The number of benzene rings is 2. The molecule has 0 saturated heterocycles. The Kier molecular flexibility index (Phi) is 4.66. The molecule has 118 valence electrons. The van der Waals surface area contributed by atoms with Crippen molar-refractivity contribution in [3.63, 3.8) is 0 Å². The van der Waals surface area contributed by atoms with Gasteiger partial charge in [-0.2, -0.15) is 0 Å². The van der Waals surface area contributed by atoms with Crippen molar-refractivity contribution in [1.82, 2.24) is 4.72 Å². The summed E-state index contributed by atoms with van der Waals surface area (Å²) in [5, 5.41) is 5.08. The van der Waals surface area contributed by atoms with Gasteiger partial charge in [-0.1, -0.05) is 30.3 Å². The molecule has 0 amide bonds. The van der Waals surface area contributed by atoms with Gasteiger partial charge in [0.15, 0.2) is 0 Å². The Labute approximate surface area is 130 Å². The van der Waals surface area contributed by atoms with Crippen LogP contribution in [0.15, 0.2) is 64.4 Å². The molecule has 0 spiro atoms. The predicted molar refractivity (Wildman–Crippen MR) is 83.0 cm³/mol. The van der Waals surface area contributed by atoms with Gasteiger partial charge in [-0.15, -0.1) is 0 Å². The Morgan fingerprint density at radius 1 is 0.909 bits per heavy atom. The summed E-state index contributed by atoms with van der Waals surface area (Å²) in [4.78, 5) is 0.0835. The quantitative estimate of drug-likeness (QED) is 0.857. The highest BCUT2D eigenvalue weighted by atomic mass is 32.2. The van der Waals surface area contributed by atoms with Gasteiger partial charge in [-0.25, -0.2) is 26.7 Å². The van der Waals surface area contributed by atoms with E-state index in [0.29, 0.717) is 5.56 Å². The fourth-order valence-electron chi connectivity index (χ4n) is 1.93. The van der Waals surface area contributed by atoms with Crippen molar-refractivity contribution >= 4 is 20.0 Å². The Morgan fingerprint density at radius 3 is 2.09 bits per heavy atom. The van der Waals surface area contributed by atoms with Crippen LogP contribution in [0, 0.1) is 0 Å². The van der Waals surface area contributed by atoms with Crippen molar-refractivity contribution in [2.24, 2.45) is 5.14 Å². The van der Waals surface area contributed by atoms with Gasteiger partial charge in [-0.3, -0.25) is 0 Å². The van der Waals surface area contributed by atoms with E-state index in [1.54, 1.807) is 31.2 Å². The van der Waals surface area contributed by atoms with Crippen LogP contribution in [-0.4, -0.2) is 16.8 Å². The molecule has 2 rings (SSSR count). The van der Waals surface area contributed by atoms with E-state index in [0.717, 1.165) is 0 Å². The van der Waals surface area contributed by atoms with Crippen LogP contribution in [0.1, 0.15) is 18.5 Å². The first-order chi connectivity index (χ1) is 10.2. The van der Waals surface area contributed by atoms with Gasteiger partial charge in [-0.05, 0) is 36.8 Å². The van der Waals surface area contributed by atoms with Crippen LogP contribution in [0.2, 0.25) is 0 Å². The molecule has 0 fully saturated rings. The standard InChI is InChI=1S/C14H16N2O4S2/c1-11(12-6-5-9-14(10-12)21(15,17)18)16-22(19,20)13-7-3-2-4-8-13/h2-11,16H,1H3,(H2,15,17,18). The van der Waals surface area contributed by atoms with E-state index >= 15 is 0 Å². The lowest BCUT2D eigenvalue weighted by atomic mass is 10.1. The molecule has 0 radical (unpaired) electrons. The van der Waals surface area contributed by atoms with E-state index in [-0.39, 0.29) is 9.79 Å². The van der Waals surface area contributed by atoms with Crippen LogP contribution >= 0.6 is 0 Å². The first-order valence-electron chi connectivity index (χ1n) is 6.40. The molecular weight excluding hydrogens is 324 g/mol. The van der Waals surface area contributed by atoms with E-state index in [1.807, 2.05) is 0 Å². The van der Waals surface area contributed by atoms with Crippen molar-refractivity contribution in [1.29, 1.82) is 0 Å². The third-order valence-electron chi connectivity index (χ3n) is 3.07. The topological polar surface area (TPSA) is 106 Å². The summed E-state index contributed by atoms with van der Waals surface area (Å²) < 4.78 is 49.7. The van der Waals surface area contributed by atoms with Gasteiger partial charge in [0, 0.05) is 6.04 Å². The summed E-state index contributed by atoms with van der Waals surface area (Å²) in [7, 11) is -7.52. The molecule has 1 unspecified atom stereocenters. The number of hydrogen-bond donors (Lipinski definition) is 2. The second-order valence-corrected chi connectivity index (χ2v) is 8.05. The van der Waals surface area contributed by atoms with Gasteiger partial charge < -0.3 is 0 Å². The highest BCUT2D eigenvalue weighted by Crippen LogP contribution is 2.19. The second-order valence-electron chi connectivity index (χ2n) is 4.77. The summed E-state index contributed by atoms with van der Waals surface area (Å²) in [5.41, 5.74) is 0.506. The van der Waals surface area contributed by atoms with Crippen LogP contribution in [0.3, 0.4) is 0 Å². The monoisotopic (exact) mass is 340 g/mol. The smallest absolute Gasteiger partial charge is 0.225 e. The summed E-state index contributed by atoms with van der Waals surface area (Å²) in [6.07, 6.45) is 0. The molecule has 0 saturated carbocycles. The lowest BCUT2D eigenvalue weighted by Gasteiger charge is -2.15. The third-order valence-corrected chi connectivity index (χ3v) is 5.54. The van der Waals surface area contributed by atoms with Crippen molar-refractivity contribution in [2.45, 2.75) is 22.8 Å². The van der Waals surface area contributed by atoms with Gasteiger partial charge in [0.05, 0.1) is 9.79 Å². The zero-order valence-corrected chi connectivity index (χ0v) is 13.4. The summed E-state index contributed by atoms with van der Waals surface area (Å²) in [6.45, 7) is 1.63. The first kappa shape index (κ1) is 16.6. The Balaban J connectivity index is 2.28. The maximum absolute atomic E-state index is 12.2. The zero-order valence-electron chi connectivity index (χ0n) is 11.8. The summed E-state index contributed by atoms with van der Waals surface area (Å²) in [5.74, 6) is 0. The minimum atomic E-state index is -3.83. The molecule has 0 aliphatic carbocycles. The second kappa shape index (κ2) is 6.17. The maximum atomic E-state index is 12.2. The molecule has 0 aliphatic rings. The molecule has 0 aromatic heterocycles. The first-order valence-corrected chi connectivity index (χ1v) is 9.43. The van der Waals surface area contributed by atoms with Crippen molar-refractivity contribution in [3.8, 4) is 0 Å². The molecule has 0 aliphatic heterocycles. The molecule has 3 N–H and O–H groups in total. The van der Waals surface area contributed by atoms with Crippen molar-refractivity contribution in [2.75, 3.05) is 0 Å². The van der Waals surface area contributed by atoms with Crippen LogP contribution in [0.4, 0.5) is 0 Å². The predicted octanol–water partition coefficient (Wildman–Crippen LogP) is 1.37. The Morgan fingerprint density at radius 2 is 1.50 bits per heavy atom. The number of hydrogen-bond acceptors (Lipinski definition) is 4. The lowest BCUT2D eigenvalue weighted by molar-refractivity contribution is 0.566. The van der Waals surface area contributed by atoms with Crippen molar-refractivity contribution in [3.05, 3.63) is 60.2 Å². The average molecular weight is 340 g/mol. The molecular formula is C14H16N2O4S2. The fraction of sp³-hybridized carbons (Fsp3) is 0.143. The van der Waals surface area contributed by atoms with E-state index in [9.17, 15) is 16.8 Å². The van der Waals surface area contributed by atoms with Crippen LogP contribution < -0.4 is 9.86 Å². The fourth-order valence-corrected chi connectivity index (χ4v) is 3.75. The highest BCUT2D eigenvalue weighted by molar-refractivity contribution is 7.89. The molecule has 1 atom stereocenters. The summed E-state index contributed by atoms with van der Waals surface area (Å²) in [6, 6.07) is 13.2. The van der Waals surface area contributed by atoms with E-state index < -0.39 is 26.1 Å². The maximum Gasteiger partial charge on any atom is 0.241 e. The Bertz CT molecular complexity index is 863. The molecule has 8 heteroatoms. The summed E-state index contributed by atoms with van der Waals surface area (Å²) >= 11 is 0. The van der Waals surface area contributed by atoms with Gasteiger partial charge in [0.1, 0.15) is 0 Å². The Hall–Kier alpha value is -1.74. The highest BCUT2D eigenvalue weighted by Gasteiger charge is 2.19. The van der Waals surface area contributed by atoms with Gasteiger partial charge in [0.2, 0.25) is 20.0 Å². The van der Waals surface area contributed by atoms with Crippen LogP contribution in [-0.2, 0) is 20.0 Å². The van der Waals surface area contributed by atoms with Crippen LogP contribution in [0.25, 0.3) is 0 Å². The molecule has 0 bridgehead atoms. The molecule has 2 aromatic rings. The molecule has 2 aromatic carbocycles. The molecule has 6 nitrogen and oxygen atoms in total. The number of nitrogens with one attached hydrogen (secondary N) is 1. The van der Waals surface area contributed by atoms with Gasteiger partial charge in [0.25, 0.3) is 0 Å². The van der Waals surface area contributed by atoms with E-state index in [1.165, 1.54) is 30.3 Å². The number of rotatable bonds is 5. The molecule has 0 heterocycles. The number of primary sulfonamides is 1. The van der Waals surface area contributed by atoms with Gasteiger partial charge >= 0.3 is 0 Å². The minimum Gasteiger partial charge on any atom is -0.225 e. The SMILES string of the molecule is CC(NS(=O)(=O)c1ccccc1)c1cccc(S(N)(=O)=O)c1. The third kappa shape index (κ3) is 3.92. The lowest BCUT2D eigenvalue weighted by Crippen LogP contribution is -2.27. The normalized spacial score (nSPS) is 13.7. The molecule has 22 heavy (non-hydrogen) atoms. The average Bonchev–Trinajstić information content (AvgIpc) is 2.47. The van der Waals surface area contributed by atoms with E-state index in [4.69, 9.17) is 5.14 Å². The zero-order chi connectivity index (χ0) is 16.4. The van der Waals surface area contributed by atoms with Crippen LogP contribution in [0.5, 0.6) is 0 Å². The number of nitrogens with two attached hydrogens (primary N) is 1.